The molecule has 1 saturated heterocycles. The lowest BCUT2D eigenvalue weighted by molar-refractivity contribution is -0.115. The van der Waals surface area contributed by atoms with E-state index in [0.29, 0.717) is 4.91 Å². The van der Waals surface area contributed by atoms with Crippen molar-refractivity contribution >= 4 is 46.2 Å². The highest BCUT2D eigenvalue weighted by atomic mass is 32.2. The molecule has 1 N–H and O–H groups in total. The number of aliphatic imine (C=N–C) groups is 1. The van der Waals surface area contributed by atoms with Crippen LogP contribution in [0, 0.1) is 5.82 Å². The van der Waals surface area contributed by atoms with Gasteiger partial charge in [0.15, 0.2) is 5.17 Å². The van der Waals surface area contributed by atoms with E-state index in [-0.39, 0.29) is 16.6 Å². The number of nitrogens with zero attached hydrogens (tertiary/aromatic N) is 1. The second kappa shape index (κ2) is 6.25. The Labute approximate surface area is 133 Å². The fourth-order valence-electron chi connectivity index (χ4n) is 1.73. The normalized spacial score (nSPS) is 18.0. The number of hydrogen-bond acceptors (Lipinski definition) is 4. The molecule has 1 aromatic carbocycles. The first-order chi connectivity index (χ1) is 10.6. The molecule has 4 nitrogen and oxygen atoms in total. The molecule has 0 bridgehead atoms. The lowest BCUT2D eigenvalue weighted by atomic mass is 10.2. The highest BCUT2D eigenvalue weighted by Gasteiger charge is 2.24. The monoisotopic (exact) mass is 332 g/mol. The molecule has 0 spiro atoms. The Morgan fingerprint density at radius 1 is 1.23 bits per heavy atom. The number of thioether (sulfide) groups is 1. The number of thiophene rings is 1. The van der Waals surface area contributed by atoms with Crippen LogP contribution >= 0.6 is 23.1 Å². The van der Waals surface area contributed by atoms with Gasteiger partial charge in [0.25, 0.3) is 11.8 Å². The Bertz CT molecular complexity index is 780. The molecule has 0 atom stereocenters. The lowest BCUT2D eigenvalue weighted by Crippen LogP contribution is -2.20. The van der Waals surface area contributed by atoms with Crippen LogP contribution < -0.4 is 5.32 Å². The summed E-state index contributed by atoms with van der Waals surface area (Å²) in [6.45, 7) is 0. The van der Waals surface area contributed by atoms with E-state index in [0.717, 1.165) is 16.6 Å². The maximum Gasteiger partial charge on any atom is 0.279 e. The van der Waals surface area contributed by atoms with Crippen LogP contribution in [0.3, 0.4) is 0 Å². The molecule has 0 saturated carbocycles. The van der Waals surface area contributed by atoms with Crippen LogP contribution in [0.5, 0.6) is 0 Å². The number of rotatable bonds is 2. The summed E-state index contributed by atoms with van der Waals surface area (Å²) in [4.78, 5) is 29.1. The van der Waals surface area contributed by atoms with E-state index in [2.05, 4.69) is 10.3 Å². The minimum absolute atomic E-state index is 0.224. The van der Waals surface area contributed by atoms with Crippen molar-refractivity contribution < 1.29 is 14.0 Å². The number of amides is 2. The van der Waals surface area contributed by atoms with Gasteiger partial charge in [-0.25, -0.2) is 4.39 Å². The maximum atomic E-state index is 12.8. The minimum Gasteiger partial charge on any atom is -0.300 e. The van der Waals surface area contributed by atoms with Crippen molar-refractivity contribution in [1.82, 2.24) is 5.32 Å². The molecular formula is C15H9FN2O2S2. The average Bonchev–Trinajstić information content (AvgIpc) is 3.11. The Balaban J connectivity index is 1.77. The van der Waals surface area contributed by atoms with Crippen molar-refractivity contribution in [3.8, 4) is 0 Å². The topological polar surface area (TPSA) is 58.5 Å². The van der Waals surface area contributed by atoms with E-state index in [9.17, 15) is 14.0 Å². The van der Waals surface area contributed by atoms with E-state index in [4.69, 9.17) is 0 Å². The SMILES string of the molecule is O=C1NC(=NC(=O)c2ccc(F)cc2)SC1=Cc1cccs1. The molecule has 110 valence electrons. The van der Waals surface area contributed by atoms with Crippen LogP contribution in [0.4, 0.5) is 4.39 Å². The lowest BCUT2D eigenvalue weighted by Gasteiger charge is -1.96. The standard InChI is InChI=1S/C15H9FN2O2S2/c16-10-5-3-9(4-6-10)13(19)17-15-18-14(20)12(22-15)8-11-2-1-7-21-11/h1-8H,(H,17,18,19,20). The largest absolute Gasteiger partial charge is 0.300 e. The van der Waals surface area contributed by atoms with Crippen LogP contribution in [-0.4, -0.2) is 17.0 Å². The number of carbonyl (C=O) groups is 2. The summed E-state index contributed by atoms with van der Waals surface area (Å²) in [5, 5.41) is 4.68. The third-order valence-electron chi connectivity index (χ3n) is 2.76. The average molecular weight is 332 g/mol. The van der Waals surface area contributed by atoms with E-state index in [1.54, 1.807) is 6.08 Å². The fourth-order valence-corrected chi connectivity index (χ4v) is 3.27. The molecule has 1 aromatic heterocycles. The van der Waals surface area contributed by atoms with Gasteiger partial charge in [-0.3, -0.25) is 9.59 Å². The summed E-state index contributed by atoms with van der Waals surface area (Å²) >= 11 is 2.62. The van der Waals surface area contributed by atoms with Crippen molar-refractivity contribution in [3.63, 3.8) is 0 Å². The maximum absolute atomic E-state index is 12.8. The quantitative estimate of drug-likeness (QED) is 0.859. The minimum atomic E-state index is -0.528. The molecule has 1 fully saturated rings. The van der Waals surface area contributed by atoms with Crippen molar-refractivity contribution in [3.05, 3.63) is 62.9 Å². The van der Waals surface area contributed by atoms with Crippen molar-refractivity contribution in [2.75, 3.05) is 0 Å². The Hall–Kier alpha value is -2.25. The Morgan fingerprint density at radius 3 is 2.68 bits per heavy atom. The molecule has 7 heteroatoms. The molecule has 0 unspecified atom stereocenters. The first-order valence-electron chi connectivity index (χ1n) is 6.25. The number of amidine groups is 1. The van der Waals surface area contributed by atoms with Gasteiger partial charge in [-0.05, 0) is 53.5 Å². The van der Waals surface area contributed by atoms with Gasteiger partial charge in [0.2, 0.25) is 0 Å². The molecule has 2 amide bonds. The third kappa shape index (κ3) is 3.32. The molecule has 2 heterocycles. The van der Waals surface area contributed by atoms with Gasteiger partial charge in [0.1, 0.15) is 5.82 Å². The van der Waals surface area contributed by atoms with Gasteiger partial charge >= 0.3 is 0 Å². The first-order valence-corrected chi connectivity index (χ1v) is 7.94. The van der Waals surface area contributed by atoms with E-state index in [1.165, 1.54) is 35.6 Å². The number of halogens is 1. The number of hydrogen-bond donors (Lipinski definition) is 1. The summed E-state index contributed by atoms with van der Waals surface area (Å²) in [5.41, 5.74) is 0.263. The molecule has 1 aliphatic heterocycles. The van der Waals surface area contributed by atoms with Crippen molar-refractivity contribution in [1.29, 1.82) is 0 Å². The number of nitrogens with one attached hydrogen (secondary N) is 1. The summed E-state index contributed by atoms with van der Waals surface area (Å²) < 4.78 is 12.8. The van der Waals surface area contributed by atoms with Crippen LogP contribution in [-0.2, 0) is 4.79 Å². The van der Waals surface area contributed by atoms with Gasteiger partial charge in [0, 0.05) is 10.4 Å². The smallest absolute Gasteiger partial charge is 0.279 e. The van der Waals surface area contributed by atoms with E-state index in [1.807, 2.05) is 17.5 Å². The summed E-state index contributed by atoms with van der Waals surface area (Å²) in [6, 6.07) is 8.87. The first kappa shape index (κ1) is 14.7. The summed E-state index contributed by atoms with van der Waals surface area (Å²) in [6.07, 6.45) is 1.75. The summed E-state index contributed by atoms with van der Waals surface area (Å²) in [7, 11) is 0. The van der Waals surface area contributed by atoms with E-state index >= 15 is 0 Å². The Kier molecular flexibility index (Phi) is 4.17. The molecule has 22 heavy (non-hydrogen) atoms. The molecule has 0 radical (unpaired) electrons. The number of benzene rings is 1. The predicted molar refractivity (Wildman–Crippen MR) is 86.2 cm³/mol. The van der Waals surface area contributed by atoms with Gasteiger partial charge < -0.3 is 5.32 Å². The third-order valence-corrected chi connectivity index (χ3v) is 4.49. The van der Waals surface area contributed by atoms with Gasteiger partial charge in [-0.2, -0.15) is 4.99 Å². The summed E-state index contributed by atoms with van der Waals surface area (Å²) in [5.74, 6) is -1.24. The van der Waals surface area contributed by atoms with Crippen LogP contribution in [0.25, 0.3) is 6.08 Å². The van der Waals surface area contributed by atoms with E-state index < -0.39 is 11.7 Å². The van der Waals surface area contributed by atoms with Crippen LogP contribution in [0.1, 0.15) is 15.2 Å². The van der Waals surface area contributed by atoms with Crippen LogP contribution in [0.2, 0.25) is 0 Å². The number of carbonyl (C=O) groups excluding carboxylic acids is 2. The molecule has 1 aliphatic rings. The zero-order chi connectivity index (χ0) is 15.5. The fraction of sp³-hybridized carbons (Fsp3) is 0. The Morgan fingerprint density at radius 2 is 2.00 bits per heavy atom. The van der Waals surface area contributed by atoms with Crippen LogP contribution in [0.15, 0.2) is 51.7 Å². The highest BCUT2D eigenvalue weighted by Crippen LogP contribution is 2.27. The van der Waals surface area contributed by atoms with Gasteiger partial charge in [-0.15, -0.1) is 11.3 Å². The second-order valence-electron chi connectivity index (χ2n) is 4.31. The van der Waals surface area contributed by atoms with Gasteiger partial charge in [-0.1, -0.05) is 6.07 Å². The zero-order valence-electron chi connectivity index (χ0n) is 11.1. The molecule has 3 rings (SSSR count). The van der Waals surface area contributed by atoms with Gasteiger partial charge in [0.05, 0.1) is 4.91 Å². The predicted octanol–water partition coefficient (Wildman–Crippen LogP) is 3.29. The molecule has 0 aliphatic carbocycles. The van der Waals surface area contributed by atoms with Crippen molar-refractivity contribution in [2.45, 2.75) is 0 Å². The molecular weight excluding hydrogens is 323 g/mol. The molecule has 2 aromatic rings. The second-order valence-corrected chi connectivity index (χ2v) is 6.32. The highest BCUT2D eigenvalue weighted by molar-refractivity contribution is 8.18. The van der Waals surface area contributed by atoms with Crippen molar-refractivity contribution in [2.24, 2.45) is 4.99 Å². The zero-order valence-corrected chi connectivity index (χ0v) is 12.7.